The maximum Gasteiger partial charge on any atom is 0.242 e. The van der Waals surface area contributed by atoms with Crippen molar-refractivity contribution in [2.24, 2.45) is 5.92 Å². The van der Waals surface area contributed by atoms with Crippen molar-refractivity contribution in [3.63, 3.8) is 0 Å². The van der Waals surface area contributed by atoms with E-state index in [1.807, 2.05) is 0 Å². The van der Waals surface area contributed by atoms with Crippen molar-refractivity contribution in [3.8, 4) is 0 Å². The van der Waals surface area contributed by atoms with Gasteiger partial charge in [0.1, 0.15) is 5.82 Å². The summed E-state index contributed by atoms with van der Waals surface area (Å²) in [5.74, 6) is 1.45. The average Bonchev–Trinajstić information content (AvgIpc) is 2.13. The van der Waals surface area contributed by atoms with Gasteiger partial charge in [-0.1, -0.05) is 13.8 Å². The zero-order valence-corrected chi connectivity index (χ0v) is 6.81. The molecule has 0 aromatic carbocycles. The van der Waals surface area contributed by atoms with Gasteiger partial charge >= 0.3 is 0 Å². The molecule has 0 amide bonds. The molecule has 0 saturated heterocycles. The third kappa shape index (κ3) is 1.99. The van der Waals surface area contributed by atoms with Crippen LogP contribution in [0.4, 0.5) is 0 Å². The molecule has 0 aliphatic rings. The molecule has 3 nitrogen and oxygen atoms in total. The zero-order valence-electron chi connectivity index (χ0n) is 6.06. The first-order valence-corrected chi connectivity index (χ1v) is 3.63. The third-order valence-electron chi connectivity index (χ3n) is 1.11. The number of rotatable bonds is 2. The predicted octanol–water partition coefficient (Wildman–Crippen LogP) is 1.66. The van der Waals surface area contributed by atoms with Gasteiger partial charge in [-0.05, 0) is 17.5 Å². The molecular formula is C6H10ClN3. The summed E-state index contributed by atoms with van der Waals surface area (Å²) in [6.07, 6.45) is 0.903. The molecule has 0 atom stereocenters. The van der Waals surface area contributed by atoms with E-state index >= 15 is 0 Å². The van der Waals surface area contributed by atoms with Crippen LogP contribution in [0.15, 0.2) is 0 Å². The number of aromatic nitrogens is 3. The Bertz CT molecular complexity index is 207. The van der Waals surface area contributed by atoms with Gasteiger partial charge in [0.15, 0.2) is 0 Å². The van der Waals surface area contributed by atoms with Crippen LogP contribution >= 0.6 is 11.6 Å². The summed E-state index contributed by atoms with van der Waals surface area (Å²) in [4.78, 5) is 3.95. The van der Waals surface area contributed by atoms with E-state index in [0.29, 0.717) is 11.2 Å². The molecule has 0 unspecified atom stereocenters. The van der Waals surface area contributed by atoms with Crippen molar-refractivity contribution in [2.75, 3.05) is 0 Å². The Balaban J connectivity index is 2.58. The van der Waals surface area contributed by atoms with Crippen molar-refractivity contribution in [2.45, 2.75) is 20.3 Å². The normalized spacial score (nSPS) is 10.8. The molecule has 1 N–H and O–H groups in total. The zero-order chi connectivity index (χ0) is 7.56. The summed E-state index contributed by atoms with van der Waals surface area (Å²) < 4.78 is 0. The van der Waals surface area contributed by atoms with Crippen LogP contribution in [0.3, 0.4) is 0 Å². The van der Waals surface area contributed by atoms with Crippen LogP contribution in [0.5, 0.6) is 0 Å². The lowest BCUT2D eigenvalue weighted by Gasteiger charge is -1.97. The Hall–Kier alpha value is -0.570. The van der Waals surface area contributed by atoms with Crippen LogP contribution in [0.25, 0.3) is 0 Å². The van der Waals surface area contributed by atoms with Crippen LogP contribution in [0, 0.1) is 5.92 Å². The first-order valence-electron chi connectivity index (χ1n) is 3.25. The minimum atomic E-state index is 0.302. The summed E-state index contributed by atoms with van der Waals surface area (Å²) in [5.41, 5.74) is 0. The fourth-order valence-electron chi connectivity index (χ4n) is 0.750. The topological polar surface area (TPSA) is 41.6 Å². The highest BCUT2D eigenvalue weighted by atomic mass is 35.5. The Labute approximate surface area is 64.8 Å². The largest absolute Gasteiger partial charge is 0.262 e. The van der Waals surface area contributed by atoms with E-state index in [1.54, 1.807) is 0 Å². The molecular weight excluding hydrogens is 150 g/mol. The number of halogens is 1. The van der Waals surface area contributed by atoms with Crippen molar-refractivity contribution in [1.29, 1.82) is 0 Å². The molecule has 0 aliphatic heterocycles. The van der Waals surface area contributed by atoms with E-state index in [9.17, 15) is 0 Å². The second-order valence-electron chi connectivity index (χ2n) is 2.65. The lowest BCUT2D eigenvalue weighted by molar-refractivity contribution is 0.622. The Morgan fingerprint density at radius 3 is 2.70 bits per heavy atom. The predicted molar refractivity (Wildman–Crippen MR) is 39.9 cm³/mol. The van der Waals surface area contributed by atoms with Crippen LogP contribution in [-0.4, -0.2) is 15.2 Å². The smallest absolute Gasteiger partial charge is 0.242 e. The Morgan fingerprint density at radius 1 is 1.60 bits per heavy atom. The minimum absolute atomic E-state index is 0.302. The first-order chi connectivity index (χ1) is 4.68. The molecule has 1 heterocycles. The van der Waals surface area contributed by atoms with Gasteiger partial charge in [-0.2, -0.15) is 0 Å². The summed E-state index contributed by atoms with van der Waals surface area (Å²) in [5, 5.41) is 6.74. The van der Waals surface area contributed by atoms with Gasteiger partial charge in [0.25, 0.3) is 0 Å². The standard InChI is InChI=1S/C6H10ClN3/c1-4(2)3-5-8-6(7)10-9-5/h4H,3H2,1-2H3,(H,8,9,10). The molecule has 0 saturated carbocycles. The van der Waals surface area contributed by atoms with E-state index in [0.717, 1.165) is 12.2 Å². The lowest BCUT2D eigenvalue weighted by atomic mass is 10.1. The Kier molecular flexibility index (Phi) is 2.27. The Morgan fingerprint density at radius 2 is 2.30 bits per heavy atom. The number of H-pyrrole nitrogens is 1. The van der Waals surface area contributed by atoms with Crippen LogP contribution < -0.4 is 0 Å². The maximum atomic E-state index is 5.49. The van der Waals surface area contributed by atoms with Crippen molar-refractivity contribution in [1.82, 2.24) is 15.2 Å². The maximum absolute atomic E-state index is 5.49. The third-order valence-corrected chi connectivity index (χ3v) is 1.28. The SMILES string of the molecule is CC(C)Cc1nc(Cl)n[nH]1. The van der Waals surface area contributed by atoms with Crippen LogP contribution in [0.2, 0.25) is 5.28 Å². The first kappa shape index (κ1) is 7.54. The van der Waals surface area contributed by atoms with E-state index in [2.05, 4.69) is 29.0 Å². The highest BCUT2D eigenvalue weighted by Crippen LogP contribution is 2.04. The molecule has 10 heavy (non-hydrogen) atoms. The number of hydrogen-bond donors (Lipinski definition) is 1. The minimum Gasteiger partial charge on any atom is -0.262 e. The average molecular weight is 160 g/mol. The molecule has 56 valence electrons. The second kappa shape index (κ2) is 3.01. The second-order valence-corrected chi connectivity index (χ2v) is 2.99. The number of hydrogen-bond acceptors (Lipinski definition) is 2. The summed E-state index contributed by atoms with van der Waals surface area (Å²) in [6.45, 7) is 4.24. The molecule has 0 bridgehead atoms. The van der Waals surface area contributed by atoms with E-state index < -0.39 is 0 Å². The van der Waals surface area contributed by atoms with Gasteiger partial charge in [-0.15, -0.1) is 5.10 Å². The molecule has 1 aromatic rings. The fraction of sp³-hybridized carbons (Fsp3) is 0.667. The molecule has 1 aromatic heterocycles. The highest BCUT2D eigenvalue weighted by molar-refractivity contribution is 6.28. The summed E-state index contributed by atoms with van der Waals surface area (Å²) >= 11 is 5.49. The molecule has 4 heteroatoms. The van der Waals surface area contributed by atoms with E-state index in [1.165, 1.54) is 0 Å². The highest BCUT2D eigenvalue weighted by Gasteiger charge is 2.01. The fourth-order valence-corrected chi connectivity index (χ4v) is 0.894. The summed E-state index contributed by atoms with van der Waals surface area (Å²) in [6, 6.07) is 0. The molecule has 0 fully saturated rings. The number of nitrogens with one attached hydrogen (secondary N) is 1. The van der Waals surface area contributed by atoms with Crippen LogP contribution in [0.1, 0.15) is 19.7 Å². The van der Waals surface area contributed by atoms with Crippen molar-refractivity contribution < 1.29 is 0 Å². The molecule has 0 spiro atoms. The van der Waals surface area contributed by atoms with Crippen molar-refractivity contribution >= 4 is 11.6 Å². The quantitative estimate of drug-likeness (QED) is 0.713. The van der Waals surface area contributed by atoms with Gasteiger partial charge in [0.05, 0.1) is 0 Å². The number of aromatic amines is 1. The monoisotopic (exact) mass is 159 g/mol. The van der Waals surface area contributed by atoms with Crippen molar-refractivity contribution in [3.05, 3.63) is 11.1 Å². The lowest BCUT2D eigenvalue weighted by Crippen LogP contribution is -1.95. The molecule has 1 rings (SSSR count). The van der Waals surface area contributed by atoms with Gasteiger partial charge in [-0.3, -0.25) is 5.10 Å². The van der Waals surface area contributed by atoms with E-state index in [4.69, 9.17) is 11.6 Å². The molecule has 0 aliphatic carbocycles. The molecule has 0 radical (unpaired) electrons. The van der Waals surface area contributed by atoms with Gasteiger partial charge < -0.3 is 0 Å². The van der Waals surface area contributed by atoms with Gasteiger partial charge in [-0.25, -0.2) is 4.98 Å². The van der Waals surface area contributed by atoms with Crippen LogP contribution in [-0.2, 0) is 6.42 Å². The van der Waals surface area contributed by atoms with Gasteiger partial charge in [0.2, 0.25) is 5.28 Å². The van der Waals surface area contributed by atoms with E-state index in [-0.39, 0.29) is 0 Å². The van der Waals surface area contributed by atoms with Gasteiger partial charge in [0, 0.05) is 6.42 Å². The summed E-state index contributed by atoms with van der Waals surface area (Å²) in [7, 11) is 0. The number of nitrogens with zero attached hydrogens (tertiary/aromatic N) is 2.